The SMILES string of the molecule is O=C1C=CC=CC1N1CCc2ccccc21. The number of hydrogen-bond acceptors (Lipinski definition) is 2. The maximum Gasteiger partial charge on any atom is 0.182 e. The van der Waals surface area contributed by atoms with E-state index in [1.165, 1.54) is 11.3 Å². The molecule has 2 aliphatic rings. The van der Waals surface area contributed by atoms with Gasteiger partial charge in [0.05, 0.1) is 0 Å². The number of nitrogens with zero attached hydrogens (tertiary/aromatic N) is 1. The summed E-state index contributed by atoms with van der Waals surface area (Å²) in [4.78, 5) is 14.0. The van der Waals surface area contributed by atoms with Gasteiger partial charge in [0.25, 0.3) is 0 Å². The highest BCUT2D eigenvalue weighted by molar-refractivity contribution is 5.99. The average molecular weight is 211 g/mol. The number of hydrogen-bond donors (Lipinski definition) is 0. The van der Waals surface area contributed by atoms with Crippen molar-refractivity contribution in [1.29, 1.82) is 0 Å². The number of ketones is 1. The maximum atomic E-state index is 11.8. The molecule has 0 aromatic heterocycles. The standard InChI is InChI=1S/C14H13NO/c16-14-8-4-3-7-13(14)15-10-9-11-5-1-2-6-12(11)15/h1-8,13H,9-10H2. The highest BCUT2D eigenvalue weighted by atomic mass is 16.1. The van der Waals surface area contributed by atoms with Gasteiger partial charge in [0, 0.05) is 12.2 Å². The number of carbonyl (C=O) groups excluding carboxylic acids is 1. The highest BCUT2D eigenvalue weighted by Crippen LogP contribution is 2.30. The Morgan fingerprint density at radius 3 is 2.94 bits per heavy atom. The van der Waals surface area contributed by atoms with Crippen LogP contribution in [0.1, 0.15) is 5.56 Å². The molecule has 0 saturated heterocycles. The van der Waals surface area contributed by atoms with Crippen LogP contribution in [0.2, 0.25) is 0 Å². The van der Waals surface area contributed by atoms with Crippen molar-refractivity contribution in [2.24, 2.45) is 0 Å². The molecule has 1 aromatic carbocycles. The monoisotopic (exact) mass is 211 g/mol. The van der Waals surface area contributed by atoms with Gasteiger partial charge in [-0.3, -0.25) is 4.79 Å². The third-order valence-corrected chi connectivity index (χ3v) is 3.22. The fourth-order valence-corrected chi connectivity index (χ4v) is 2.42. The van der Waals surface area contributed by atoms with Crippen molar-refractivity contribution in [3.63, 3.8) is 0 Å². The summed E-state index contributed by atoms with van der Waals surface area (Å²) in [7, 11) is 0. The van der Waals surface area contributed by atoms with Gasteiger partial charge >= 0.3 is 0 Å². The lowest BCUT2D eigenvalue weighted by atomic mass is 10.1. The van der Waals surface area contributed by atoms with Crippen molar-refractivity contribution in [3.05, 3.63) is 54.1 Å². The van der Waals surface area contributed by atoms with Gasteiger partial charge in [-0.1, -0.05) is 36.4 Å². The number of benzene rings is 1. The molecule has 2 heteroatoms. The topological polar surface area (TPSA) is 20.3 Å². The van der Waals surface area contributed by atoms with E-state index in [1.807, 2.05) is 18.2 Å². The minimum Gasteiger partial charge on any atom is -0.357 e. The normalized spacial score (nSPS) is 22.6. The van der Waals surface area contributed by atoms with Crippen LogP contribution >= 0.6 is 0 Å². The zero-order chi connectivity index (χ0) is 11.0. The summed E-state index contributed by atoms with van der Waals surface area (Å²) in [6.45, 7) is 0.938. The first-order chi connectivity index (χ1) is 7.86. The molecule has 0 amide bonds. The Labute approximate surface area is 94.9 Å². The van der Waals surface area contributed by atoms with Crippen LogP contribution in [0.5, 0.6) is 0 Å². The van der Waals surface area contributed by atoms with Gasteiger partial charge in [-0.15, -0.1) is 0 Å². The van der Waals surface area contributed by atoms with Crippen molar-refractivity contribution >= 4 is 11.5 Å². The average Bonchev–Trinajstić information content (AvgIpc) is 2.74. The van der Waals surface area contributed by atoms with Crippen molar-refractivity contribution in [2.75, 3.05) is 11.4 Å². The second-order valence-corrected chi connectivity index (χ2v) is 4.16. The molecule has 0 N–H and O–H groups in total. The predicted molar refractivity (Wildman–Crippen MR) is 64.6 cm³/mol. The van der Waals surface area contributed by atoms with Gasteiger partial charge in [0.1, 0.15) is 6.04 Å². The number of anilines is 1. The molecule has 3 rings (SSSR count). The van der Waals surface area contributed by atoms with E-state index in [0.717, 1.165) is 13.0 Å². The summed E-state index contributed by atoms with van der Waals surface area (Å²) in [6.07, 6.45) is 8.43. The fraction of sp³-hybridized carbons (Fsp3) is 0.214. The molecule has 16 heavy (non-hydrogen) atoms. The second kappa shape index (κ2) is 3.63. The van der Waals surface area contributed by atoms with Crippen molar-refractivity contribution in [2.45, 2.75) is 12.5 Å². The van der Waals surface area contributed by atoms with Crippen LogP contribution in [0.15, 0.2) is 48.6 Å². The van der Waals surface area contributed by atoms with Crippen LogP contribution in [0.4, 0.5) is 5.69 Å². The molecule has 1 unspecified atom stereocenters. The zero-order valence-electron chi connectivity index (χ0n) is 8.97. The summed E-state index contributed by atoms with van der Waals surface area (Å²) in [5.74, 6) is 0.180. The van der Waals surface area contributed by atoms with E-state index in [2.05, 4.69) is 23.1 Å². The predicted octanol–water partition coefficient (Wildman–Crippen LogP) is 2.11. The van der Waals surface area contributed by atoms with Gasteiger partial charge in [-0.05, 0) is 24.1 Å². The fourth-order valence-electron chi connectivity index (χ4n) is 2.42. The van der Waals surface area contributed by atoms with E-state index in [9.17, 15) is 4.79 Å². The molecular weight excluding hydrogens is 198 g/mol. The van der Waals surface area contributed by atoms with Gasteiger partial charge in [0.2, 0.25) is 0 Å². The lowest BCUT2D eigenvalue weighted by Gasteiger charge is -2.27. The Bertz CT molecular complexity index is 487. The Morgan fingerprint density at radius 1 is 1.19 bits per heavy atom. The van der Waals surface area contributed by atoms with E-state index in [4.69, 9.17) is 0 Å². The van der Waals surface area contributed by atoms with Crippen LogP contribution in [-0.4, -0.2) is 18.4 Å². The summed E-state index contributed by atoms with van der Waals surface area (Å²) in [6, 6.07) is 8.23. The summed E-state index contributed by atoms with van der Waals surface area (Å²) in [5, 5.41) is 0. The molecular formula is C14H13NO. The number of allylic oxidation sites excluding steroid dienone is 2. The van der Waals surface area contributed by atoms with Gasteiger partial charge in [-0.2, -0.15) is 0 Å². The molecule has 1 atom stereocenters. The molecule has 1 aromatic rings. The van der Waals surface area contributed by atoms with Crippen LogP contribution in [0.3, 0.4) is 0 Å². The van der Waals surface area contributed by atoms with E-state index in [-0.39, 0.29) is 11.8 Å². The van der Waals surface area contributed by atoms with E-state index >= 15 is 0 Å². The molecule has 0 radical (unpaired) electrons. The van der Waals surface area contributed by atoms with Crippen LogP contribution in [0, 0.1) is 0 Å². The summed E-state index contributed by atoms with van der Waals surface area (Å²) < 4.78 is 0. The lowest BCUT2D eigenvalue weighted by molar-refractivity contribution is -0.115. The molecule has 0 saturated carbocycles. The Balaban J connectivity index is 1.96. The first kappa shape index (κ1) is 9.40. The summed E-state index contributed by atoms with van der Waals surface area (Å²) in [5.41, 5.74) is 2.55. The molecule has 0 bridgehead atoms. The summed E-state index contributed by atoms with van der Waals surface area (Å²) >= 11 is 0. The third-order valence-electron chi connectivity index (χ3n) is 3.22. The van der Waals surface area contributed by atoms with Gasteiger partial charge < -0.3 is 4.90 Å². The minimum atomic E-state index is -0.103. The zero-order valence-corrected chi connectivity index (χ0v) is 8.97. The highest BCUT2D eigenvalue weighted by Gasteiger charge is 2.28. The molecule has 0 spiro atoms. The smallest absolute Gasteiger partial charge is 0.182 e. The van der Waals surface area contributed by atoms with Gasteiger partial charge in [-0.25, -0.2) is 0 Å². The number of fused-ring (bicyclic) bond motifs is 1. The molecule has 2 nitrogen and oxygen atoms in total. The quantitative estimate of drug-likeness (QED) is 0.709. The first-order valence-electron chi connectivity index (χ1n) is 5.59. The van der Waals surface area contributed by atoms with Gasteiger partial charge in [0.15, 0.2) is 5.78 Å². The first-order valence-corrected chi connectivity index (χ1v) is 5.59. The minimum absolute atomic E-state index is 0.103. The molecule has 1 heterocycles. The molecule has 80 valence electrons. The molecule has 0 fully saturated rings. The van der Waals surface area contributed by atoms with Crippen LogP contribution in [0.25, 0.3) is 0 Å². The van der Waals surface area contributed by atoms with Crippen LogP contribution < -0.4 is 4.90 Å². The second-order valence-electron chi connectivity index (χ2n) is 4.16. The molecule has 1 aliphatic carbocycles. The Morgan fingerprint density at radius 2 is 2.06 bits per heavy atom. The van der Waals surface area contributed by atoms with Crippen LogP contribution in [-0.2, 0) is 11.2 Å². The maximum absolute atomic E-state index is 11.8. The number of carbonyl (C=O) groups is 1. The number of para-hydroxylation sites is 1. The number of rotatable bonds is 1. The van der Waals surface area contributed by atoms with E-state index < -0.39 is 0 Å². The Kier molecular flexibility index (Phi) is 2.13. The van der Waals surface area contributed by atoms with Crippen molar-refractivity contribution < 1.29 is 4.79 Å². The van der Waals surface area contributed by atoms with Crippen molar-refractivity contribution in [3.8, 4) is 0 Å². The third kappa shape index (κ3) is 1.38. The van der Waals surface area contributed by atoms with E-state index in [0.29, 0.717) is 0 Å². The largest absolute Gasteiger partial charge is 0.357 e. The van der Waals surface area contributed by atoms with E-state index in [1.54, 1.807) is 12.2 Å². The lowest BCUT2D eigenvalue weighted by Crippen LogP contribution is -2.38. The Hall–Kier alpha value is -1.83. The van der Waals surface area contributed by atoms with Crippen molar-refractivity contribution in [1.82, 2.24) is 0 Å². The molecule has 1 aliphatic heterocycles.